The van der Waals surface area contributed by atoms with Crippen LogP contribution in [0.15, 0.2) is 0 Å². The van der Waals surface area contributed by atoms with Crippen LogP contribution in [0.3, 0.4) is 0 Å². The van der Waals surface area contributed by atoms with E-state index >= 15 is 0 Å². The van der Waals surface area contributed by atoms with Crippen LogP contribution in [0.5, 0.6) is 0 Å². The molecule has 0 radical (unpaired) electrons. The first kappa shape index (κ1) is 18.2. The summed E-state index contributed by atoms with van der Waals surface area (Å²) in [7, 11) is 0. The second kappa shape index (κ2) is 8.63. The largest absolute Gasteiger partial charge is 0.785 e. The zero-order valence-corrected chi connectivity index (χ0v) is 14.8. The molecule has 138 valence electrons. The average Bonchev–Trinajstić information content (AvgIpc) is 2.62. The molecule has 3 aliphatic rings. The van der Waals surface area contributed by atoms with Crippen molar-refractivity contribution >= 4 is 5.97 Å². The maximum Gasteiger partial charge on any atom is 0.309 e. The molecule has 2 aliphatic carbocycles. The first-order valence-corrected chi connectivity index (χ1v) is 10.1. The Morgan fingerprint density at radius 3 is 2.00 bits per heavy atom. The molecule has 0 amide bonds. The minimum absolute atomic E-state index is 0.0402. The van der Waals surface area contributed by atoms with E-state index in [2.05, 4.69) is 5.32 Å². The van der Waals surface area contributed by atoms with Crippen molar-refractivity contribution in [2.24, 2.45) is 17.8 Å². The lowest BCUT2D eigenvalue weighted by molar-refractivity contribution is -0.144. The molecule has 1 heterocycles. The molecule has 5 nitrogen and oxygen atoms in total. The molecule has 0 aromatic rings. The van der Waals surface area contributed by atoms with E-state index in [1.54, 1.807) is 0 Å². The highest BCUT2D eigenvalue weighted by molar-refractivity contribution is 5.71. The van der Waals surface area contributed by atoms with Gasteiger partial charge in [0.1, 0.15) is 0 Å². The molecule has 1 aliphatic heterocycles. The Kier molecular flexibility index (Phi) is 6.53. The van der Waals surface area contributed by atoms with Gasteiger partial charge in [0.2, 0.25) is 0 Å². The normalized spacial score (nSPS) is 31.4. The van der Waals surface area contributed by atoms with E-state index < -0.39 is 11.9 Å². The van der Waals surface area contributed by atoms with E-state index in [-0.39, 0.29) is 12.6 Å². The smallest absolute Gasteiger partial charge is 0.309 e. The minimum atomic E-state index is -0.820. The first-order valence-electron chi connectivity index (χ1n) is 10.1. The van der Waals surface area contributed by atoms with E-state index in [9.17, 15) is 15.1 Å². The molecule has 1 saturated heterocycles. The van der Waals surface area contributed by atoms with Gasteiger partial charge in [-0.05, 0) is 50.5 Å². The molecule has 3 rings (SSSR count). The third-order valence-corrected chi connectivity index (χ3v) is 6.61. The third kappa shape index (κ3) is 4.50. The van der Waals surface area contributed by atoms with E-state index in [0.29, 0.717) is 30.8 Å². The van der Waals surface area contributed by atoms with Crippen LogP contribution in [0.4, 0.5) is 0 Å². The summed E-state index contributed by atoms with van der Waals surface area (Å²) in [4.78, 5) is 11.6. The van der Waals surface area contributed by atoms with Gasteiger partial charge in [-0.25, -0.2) is 0 Å². The number of nitrogens with zero attached hydrogens (tertiary/aromatic N) is 1. The number of nitrogens with one attached hydrogen (secondary N) is 1. The monoisotopic (exact) mass is 337 g/mol. The lowest BCUT2D eigenvalue weighted by Crippen LogP contribution is -2.56. The van der Waals surface area contributed by atoms with Crippen LogP contribution in [0, 0.1) is 23.0 Å². The fourth-order valence-electron chi connectivity index (χ4n) is 5.26. The number of hydroxylamine groups is 2. The Morgan fingerprint density at radius 2 is 1.50 bits per heavy atom. The maximum absolute atomic E-state index is 11.6. The van der Waals surface area contributed by atoms with Crippen molar-refractivity contribution in [3.05, 3.63) is 5.21 Å². The van der Waals surface area contributed by atoms with Gasteiger partial charge in [-0.2, -0.15) is 0 Å². The Morgan fingerprint density at radius 1 is 0.958 bits per heavy atom. The summed E-state index contributed by atoms with van der Waals surface area (Å²) >= 11 is 0. The average molecular weight is 337 g/mol. The Balaban J connectivity index is 1.70. The van der Waals surface area contributed by atoms with Crippen molar-refractivity contribution in [3.8, 4) is 0 Å². The first-order chi connectivity index (χ1) is 11.6. The molecule has 3 fully saturated rings. The van der Waals surface area contributed by atoms with Gasteiger partial charge in [0, 0.05) is 18.6 Å². The molecule has 0 aromatic carbocycles. The lowest BCUT2D eigenvalue weighted by atomic mass is 9.73. The molecular formula is C19H33N2O3-. The Bertz CT molecular complexity index is 387. The standard InChI is InChI=1S/C19H33N2O3/c22-19(23)16-13-21(24)12-11-17(16)20-18(14-7-3-1-4-8-14)15-9-5-2-6-10-15/h14-18,20H,1-13H2,(H,22,23)/q-1. The summed E-state index contributed by atoms with van der Waals surface area (Å²) in [6.07, 6.45) is 13.8. The summed E-state index contributed by atoms with van der Waals surface area (Å²) in [5, 5.41) is 25.9. The molecule has 24 heavy (non-hydrogen) atoms. The topological polar surface area (TPSA) is 75.6 Å². The number of rotatable bonds is 5. The molecule has 2 unspecified atom stereocenters. The fraction of sp³-hybridized carbons (Fsp3) is 0.947. The molecule has 0 bridgehead atoms. The second-order valence-electron chi connectivity index (χ2n) is 8.22. The van der Waals surface area contributed by atoms with Crippen LogP contribution < -0.4 is 5.32 Å². The van der Waals surface area contributed by atoms with Crippen molar-refractivity contribution in [1.82, 2.24) is 10.4 Å². The summed E-state index contributed by atoms with van der Waals surface area (Å²) in [6.45, 7) is 0.596. The van der Waals surface area contributed by atoms with Crippen LogP contribution in [-0.2, 0) is 4.79 Å². The number of aliphatic carboxylic acids is 1. The highest BCUT2D eigenvalue weighted by Gasteiger charge is 2.37. The maximum atomic E-state index is 11.6. The SMILES string of the molecule is O=C(O)C1CN([O-])CCC1NC(C1CCCCC1)C1CCCCC1. The molecule has 0 spiro atoms. The Labute approximate surface area is 145 Å². The Hall–Kier alpha value is -0.650. The summed E-state index contributed by atoms with van der Waals surface area (Å²) in [6, 6.07) is 0.414. The lowest BCUT2D eigenvalue weighted by Gasteiger charge is -2.45. The third-order valence-electron chi connectivity index (χ3n) is 6.61. The van der Waals surface area contributed by atoms with Gasteiger partial charge >= 0.3 is 5.97 Å². The number of hydrogen-bond donors (Lipinski definition) is 2. The van der Waals surface area contributed by atoms with Crippen molar-refractivity contribution in [2.75, 3.05) is 13.1 Å². The number of carbonyl (C=O) groups is 1. The van der Waals surface area contributed by atoms with E-state index in [1.165, 1.54) is 64.2 Å². The number of carboxylic acid groups (broad SMARTS) is 1. The van der Waals surface area contributed by atoms with Gasteiger partial charge in [-0.15, -0.1) is 0 Å². The molecule has 2 atom stereocenters. The number of carboxylic acids is 1. The van der Waals surface area contributed by atoms with E-state index in [0.717, 1.165) is 5.06 Å². The van der Waals surface area contributed by atoms with Gasteiger partial charge in [0.15, 0.2) is 0 Å². The van der Waals surface area contributed by atoms with Crippen LogP contribution in [-0.4, -0.2) is 41.3 Å². The molecule has 5 heteroatoms. The predicted octanol–water partition coefficient (Wildman–Crippen LogP) is 3.38. The zero-order chi connectivity index (χ0) is 16.9. The van der Waals surface area contributed by atoms with Gasteiger partial charge < -0.3 is 20.7 Å². The summed E-state index contributed by atoms with van der Waals surface area (Å²) in [5.41, 5.74) is 0. The summed E-state index contributed by atoms with van der Waals surface area (Å²) in [5.74, 6) is 0.00757. The van der Waals surface area contributed by atoms with E-state index in [1.807, 2.05) is 0 Å². The fourth-order valence-corrected chi connectivity index (χ4v) is 5.26. The van der Waals surface area contributed by atoms with Gasteiger partial charge in [-0.1, -0.05) is 38.5 Å². The van der Waals surface area contributed by atoms with Crippen LogP contribution >= 0.6 is 0 Å². The molecule has 0 aromatic heterocycles. The molecule has 2 saturated carbocycles. The highest BCUT2D eigenvalue weighted by atomic mass is 16.5. The molecular weight excluding hydrogens is 304 g/mol. The quantitative estimate of drug-likeness (QED) is 0.804. The zero-order valence-electron chi connectivity index (χ0n) is 14.8. The highest BCUT2D eigenvalue weighted by Crippen LogP contribution is 2.36. The van der Waals surface area contributed by atoms with Crippen LogP contribution in [0.1, 0.15) is 70.6 Å². The second-order valence-corrected chi connectivity index (χ2v) is 8.22. The predicted molar refractivity (Wildman–Crippen MR) is 94.5 cm³/mol. The van der Waals surface area contributed by atoms with Crippen molar-refractivity contribution in [1.29, 1.82) is 0 Å². The van der Waals surface area contributed by atoms with Crippen LogP contribution in [0.2, 0.25) is 0 Å². The number of piperidine rings is 1. The van der Waals surface area contributed by atoms with Crippen molar-refractivity contribution < 1.29 is 9.90 Å². The van der Waals surface area contributed by atoms with Gasteiger partial charge in [0.05, 0.1) is 5.92 Å². The van der Waals surface area contributed by atoms with E-state index in [4.69, 9.17) is 0 Å². The minimum Gasteiger partial charge on any atom is -0.785 e. The van der Waals surface area contributed by atoms with Crippen molar-refractivity contribution in [2.45, 2.75) is 82.7 Å². The van der Waals surface area contributed by atoms with Crippen molar-refractivity contribution in [3.63, 3.8) is 0 Å². The number of hydrogen-bond acceptors (Lipinski definition) is 4. The van der Waals surface area contributed by atoms with Crippen LogP contribution in [0.25, 0.3) is 0 Å². The van der Waals surface area contributed by atoms with Gasteiger partial charge in [0.25, 0.3) is 0 Å². The van der Waals surface area contributed by atoms with Gasteiger partial charge in [-0.3, -0.25) is 4.79 Å². The molecule has 2 N–H and O–H groups in total. The summed E-state index contributed by atoms with van der Waals surface area (Å²) < 4.78 is 0.